The molecule has 0 saturated carbocycles. The number of amides is 1. The SMILES string of the molecule is CCN(CC)c1ccc(C(=O)OCC(=O)Nc2cccc(SC)c2)cc1. The summed E-state index contributed by atoms with van der Waals surface area (Å²) in [4.78, 5) is 27.3. The largest absolute Gasteiger partial charge is 0.452 e. The second kappa shape index (κ2) is 9.87. The van der Waals surface area contributed by atoms with E-state index in [1.54, 1.807) is 30.0 Å². The van der Waals surface area contributed by atoms with Gasteiger partial charge in [0.25, 0.3) is 5.91 Å². The van der Waals surface area contributed by atoms with Crippen LogP contribution >= 0.6 is 11.8 Å². The van der Waals surface area contributed by atoms with E-state index in [4.69, 9.17) is 4.74 Å². The van der Waals surface area contributed by atoms with Gasteiger partial charge >= 0.3 is 5.97 Å². The van der Waals surface area contributed by atoms with Crippen molar-refractivity contribution in [2.75, 3.05) is 36.2 Å². The van der Waals surface area contributed by atoms with Crippen LogP contribution in [0.3, 0.4) is 0 Å². The minimum atomic E-state index is -0.510. The number of ether oxygens (including phenoxy) is 1. The summed E-state index contributed by atoms with van der Waals surface area (Å²) >= 11 is 1.59. The van der Waals surface area contributed by atoms with Gasteiger partial charge in [-0.15, -0.1) is 11.8 Å². The number of esters is 1. The molecule has 0 aliphatic rings. The average molecular weight is 372 g/mol. The van der Waals surface area contributed by atoms with Gasteiger partial charge in [0.1, 0.15) is 0 Å². The van der Waals surface area contributed by atoms with Crippen molar-refractivity contribution >= 4 is 35.0 Å². The highest BCUT2D eigenvalue weighted by Crippen LogP contribution is 2.19. The standard InChI is InChI=1S/C20H24N2O3S/c1-4-22(5-2)17-11-9-15(10-12-17)20(24)25-14-19(23)21-16-7-6-8-18(13-16)26-3/h6-13H,4-5,14H2,1-3H3,(H,21,23). The van der Waals surface area contributed by atoms with Crippen molar-refractivity contribution in [3.05, 3.63) is 54.1 Å². The van der Waals surface area contributed by atoms with Crippen molar-refractivity contribution in [2.45, 2.75) is 18.7 Å². The quantitative estimate of drug-likeness (QED) is 0.560. The van der Waals surface area contributed by atoms with E-state index in [-0.39, 0.29) is 12.5 Å². The molecule has 1 amide bonds. The van der Waals surface area contributed by atoms with Crippen LogP contribution < -0.4 is 10.2 Å². The summed E-state index contributed by atoms with van der Waals surface area (Å²) in [7, 11) is 0. The Labute approximate surface area is 158 Å². The van der Waals surface area contributed by atoms with E-state index < -0.39 is 5.97 Å². The third-order valence-corrected chi connectivity index (χ3v) is 4.64. The molecule has 5 nitrogen and oxygen atoms in total. The highest BCUT2D eigenvalue weighted by Gasteiger charge is 2.11. The summed E-state index contributed by atoms with van der Waals surface area (Å²) in [5, 5.41) is 2.73. The van der Waals surface area contributed by atoms with Gasteiger partial charge in [0.05, 0.1) is 5.56 Å². The van der Waals surface area contributed by atoms with Gasteiger partial charge in [-0.3, -0.25) is 4.79 Å². The molecule has 138 valence electrons. The van der Waals surface area contributed by atoms with E-state index in [1.807, 2.05) is 36.6 Å². The summed E-state index contributed by atoms with van der Waals surface area (Å²) in [6.07, 6.45) is 1.97. The minimum Gasteiger partial charge on any atom is -0.452 e. The lowest BCUT2D eigenvalue weighted by atomic mass is 10.2. The van der Waals surface area contributed by atoms with Gasteiger partial charge in [-0.25, -0.2) is 4.79 Å². The summed E-state index contributed by atoms with van der Waals surface area (Å²) in [5.74, 6) is -0.875. The van der Waals surface area contributed by atoms with Crippen LogP contribution in [0.4, 0.5) is 11.4 Å². The van der Waals surface area contributed by atoms with Gasteiger partial charge in [-0.2, -0.15) is 0 Å². The summed E-state index contributed by atoms with van der Waals surface area (Å²) in [5.41, 5.74) is 2.16. The number of nitrogens with one attached hydrogen (secondary N) is 1. The number of hydrogen-bond acceptors (Lipinski definition) is 5. The molecule has 0 heterocycles. The maximum absolute atomic E-state index is 12.1. The molecular weight excluding hydrogens is 348 g/mol. The van der Waals surface area contributed by atoms with Crippen molar-refractivity contribution in [3.63, 3.8) is 0 Å². The Balaban J connectivity index is 1.88. The van der Waals surface area contributed by atoms with Crippen molar-refractivity contribution in [1.29, 1.82) is 0 Å². The van der Waals surface area contributed by atoms with Gasteiger partial charge in [-0.1, -0.05) is 6.07 Å². The third-order valence-electron chi connectivity index (χ3n) is 3.92. The number of hydrogen-bond donors (Lipinski definition) is 1. The molecule has 0 aromatic heterocycles. The van der Waals surface area contributed by atoms with E-state index in [0.717, 1.165) is 23.7 Å². The fourth-order valence-electron chi connectivity index (χ4n) is 2.51. The molecule has 0 fully saturated rings. The van der Waals surface area contributed by atoms with Gasteiger partial charge < -0.3 is 15.0 Å². The van der Waals surface area contributed by atoms with Crippen LogP contribution in [0.5, 0.6) is 0 Å². The molecule has 0 saturated heterocycles. The van der Waals surface area contributed by atoms with Gasteiger partial charge in [0.15, 0.2) is 6.61 Å². The van der Waals surface area contributed by atoms with E-state index in [9.17, 15) is 9.59 Å². The first kappa shape index (κ1) is 19.8. The normalized spacial score (nSPS) is 10.3. The Kier molecular flexibility index (Phi) is 7.53. The Morgan fingerprint density at radius 1 is 1.08 bits per heavy atom. The molecule has 1 N–H and O–H groups in total. The Morgan fingerprint density at radius 3 is 2.38 bits per heavy atom. The predicted octanol–water partition coefficient (Wildman–Crippen LogP) is 4.05. The number of nitrogens with zero attached hydrogens (tertiary/aromatic N) is 1. The predicted molar refractivity (Wildman–Crippen MR) is 107 cm³/mol. The molecule has 2 aromatic carbocycles. The molecule has 0 atom stereocenters. The number of benzene rings is 2. The molecule has 0 radical (unpaired) electrons. The number of thioether (sulfide) groups is 1. The lowest BCUT2D eigenvalue weighted by Crippen LogP contribution is -2.22. The maximum atomic E-state index is 12.1. The highest BCUT2D eigenvalue weighted by atomic mass is 32.2. The summed E-state index contributed by atoms with van der Waals surface area (Å²) < 4.78 is 5.10. The van der Waals surface area contributed by atoms with Gasteiger partial charge in [0, 0.05) is 29.4 Å². The first-order valence-electron chi connectivity index (χ1n) is 8.53. The monoisotopic (exact) mass is 372 g/mol. The van der Waals surface area contributed by atoms with Crippen molar-refractivity contribution in [3.8, 4) is 0 Å². The first-order chi connectivity index (χ1) is 12.6. The maximum Gasteiger partial charge on any atom is 0.338 e. The second-order valence-electron chi connectivity index (χ2n) is 5.58. The third kappa shape index (κ3) is 5.52. The van der Waals surface area contributed by atoms with Crippen LogP contribution in [0.25, 0.3) is 0 Å². The molecule has 26 heavy (non-hydrogen) atoms. The molecule has 2 aromatic rings. The zero-order valence-corrected chi connectivity index (χ0v) is 16.1. The van der Waals surface area contributed by atoms with E-state index >= 15 is 0 Å². The van der Waals surface area contributed by atoms with Gasteiger partial charge in [0.2, 0.25) is 0 Å². The molecule has 0 aliphatic carbocycles. The lowest BCUT2D eigenvalue weighted by Gasteiger charge is -2.20. The van der Waals surface area contributed by atoms with Crippen LogP contribution in [-0.4, -0.2) is 37.8 Å². The van der Waals surface area contributed by atoms with Crippen molar-refractivity contribution < 1.29 is 14.3 Å². The second-order valence-corrected chi connectivity index (χ2v) is 6.46. The lowest BCUT2D eigenvalue weighted by molar-refractivity contribution is -0.119. The summed E-state index contributed by atoms with van der Waals surface area (Å²) in [6.45, 7) is 5.65. The van der Waals surface area contributed by atoms with E-state index in [1.165, 1.54) is 0 Å². The number of carbonyl (C=O) groups is 2. The van der Waals surface area contributed by atoms with Crippen LogP contribution in [0.15, 0.2) is 53.4 Å². The fourth-order valence-corrected chi connectivity index (χ4v) is 2.97. The Morgan fingerprint density at radius 2 is 1.77 bits per heavy atom. The zero-order chi connectivity index (χ0) is 18.9. The Hall–Kier alpha value is -2.47. The van der Waals surface area contributed by atoms with Crippen LogP contribution in [-0.2, 0) is 9.53 Å². The van der Waals surface area contributed by atoms with Crippen LogP contribution in [0.2, 0.25) is 0 Å². The number of anilines is 2. The topological polar surface area (TPSA) is 58.6 Å². The molecule has 0 aliphatic heterocycles. The Bertz CT molecular complexity index is 743. The molecule has 0 spiro atoms. The smallest absolute Gasteiger partial charge is 0.338 e. The highest BCUT2D eigenvalue weighted by molar-refractivity contribution is 7.98. The average Bonchev–Trinajstić information content (AvgIpc) is 2.67. The first-order valence-corrected chi connectivity index (χ1v) is 9.75. The van der Waals surface area contributed by atoms with Crippen molar-refractivity contribution in [1.82, 2.24) is 0 Å². The minimum absolute atomic E-state index is 0.319. The molecule has 0 bridgehead atoms. The number of carbonyl (C=O) groups excluding carboxylic acids is 2. The van der Waals surface area contributed by atoms with Gasteiger partial charge in [-0.05, 0) is 62.6 Å². The van der Waals surface area contributed by atoms with Crippen LogP contribution in [0, 0.1) is 0 Å². The van der Waals surface area contributed by atoms with Crippen molar-refractivity contribution in [2.24, 2.45) is 0 Å². The van der Waals surface area contributed by atoms with E-state index in [0.29, 0.717) is 11.3 Å². The molecule has 2 rings (SSSR count). The molecule has 0 unspecified atom stereocenters. The number of rotatable bonds is 8. The molecular formula is C20H24N2O3S. The zero-order valence-electron chi connectivity index (χ0n) is 15.3. The fraction of sp³-hybridized carbons (Fsp3) is 0.300. The van der Waals surface area contributed by atoms with E-state index in [2.05, 4.69) is 24.1 Å². The summed E-state index contributed by atoms with van der Waals surface area (Å²) in [6, 6.07) is 14.7. The van der Waals surface area contributed by atoms with Crippen LogP contribution in [0.1, 0.15) is 24.2 Å². The molecule has 6 heteroatoms.